The maximum absolute atomic E-state index is 12.2. The first-order valence-corrected chi connectivity index (χ1v) is 6.28. The topological polar surface area (TPSA) is 75.2 Å². The zero-order chi connectivity index (χ0) is 16.5. The number of carboxylic acid groups (broad SMARTS) is 1. The number of hydrogen-bond acceptors (Lipinski definition) is 3. The summed E-state index contributed by atoms with van der Waals surface area (Å²) in [6.07, 6.45) is -4.45. The number of carbonyl (C=O) groups is 1. The molecule has 118 valence electrons. The third kappa shape index (κ3) is 3.38. The first-order valence-electron chi connectivity index (χ1n) is 6.28. The van der Waals surface area contributed by atoms with E-state index in [0.29, 0.717) is 16.8 Å². The number of aryl methyl sites for hydroxylation is 1. The molecule has 2 aromatic rings. The lowest BCUT2D eigenvalue weighted by atomic mass is 10.0. The molecule has 0 saturated heterocycles. The predicted molar refractivity (Wildman–Crippen MR) is 72.0 cm³/mol. The quantitative estimate of drug-likeness (QED) is 0.907. The maximum Gasteiger partial charge on any atom is 0.422 e. The summed E-state index contributed by atoms with van der Waals surface area (Å²) in [6, 6.07) is 4.51. The lowest BCUT2D eigenvalue weighted by Gasteiger charge is -2.08. The minimum absolute atomic E-state index is 0.0763. The van der Waals surface area contributed by atoms with Crippen molar-refractivity contribution in [1.29, 1.82) is 0 Å². The fourth-order valence-electron chi connectivity index (χ4n) is 1.96. The van der Waals surface area contributed by atoms with Gasteiger partial charge >= 0.3 is 12.1 Å². The van der Waals surface area contributed by atoms with Crippen LogP contribution in [0.25, 0.3) is 11.3 Å². The van der Waals surface area contributed by atoms with Crippen molar-refractivity contribution in [3.8, 4) is 17.1 Å². The van der Waals surface area contributed by atoms with Gasteiger partial charge < -0.3 is 9.84 Å². The zero-order valence-electron chi connectivity index (χ0n) is 11.8. The van der Waals surface area contributed by atoms with E-state index in [1.807, 2.05) is 0 Å². The molecular formula is C14H13F3N2O3. The van der Waals surface area contributed by atoms with E-state index in [2.05, 4.69) is 14.9 Å². The fourth-order valence-corrected chi connectivity index (χ4v) is 1.96. The van der Waals surface area contributed by atoms with Crippen LogP contribution >= 0.6 is 0 Å². The molecular weight excluding hydrogens is 301 g/mol. The number of halogens is 3. The highest BCUT2D eigenvalue weighted by Gasteiger charge is 2.29. The summed E-state index contributed by atoms with van der Waals surface area (Å²) >= 11 is 0. The van der Waals surface area contributed by atoms with Gasteiger partial charge in [-0.15, -0.1) is 5.10 Å². The molecule has 0 saturated carbocycles. The van der Waals surface area contributed by atoms with Gasteiger partial charge in [0.25, 0.3) is 0 Å². The average Bonchev–Trinajstić information content (AvgIpc) is 2.77. The summed E-state index contributed by atoms with van der Waals surface area (Å²) in [6.45, 7) is 1.88. The second kappa shape index (κ2) is 5.70. The molecule has 22 heavy (non-hydrogen) atoms. The Morgan fingerprint density at radius 2 is 2.05 bits per heavy atom. The molecule has 1 aromatic heterocycles. The van der Waals surface area contributed by atoms with E-state index in [1.54, 1.807) is 19.9 Å². The SMILES string of the molecule is Cc1ccc(C(=O)O)cc1-c1[nH]nc(OCC(F)(F)F)c1C. The first kappa shape index (κ1) is 15.9. The number of ether oxygens (including phenoxy) is 1. The summed E-state index contributed by atoms with van der Waals surface area (Å²) in [7, 11) is 0. The Balaban J connectivity index is 2.36. The number of nitrogens with zero attached hydrogens (tertiary/aromatic N) is 1. The van der Waals surface area contributed by atoms with Gasteiger partial charge in [0.15, 0.2) is 6.61 Å². The van der Waals surface area contributed by atoms with Crippen molar-refractivity contribution in [2.24, 2.45) is 0 Å². The fraction of sp³-hybridized carbons (Fsp3) is 0.286. The first-order chi connectivity index (χ1) is 10.2. The van der Waals surface area contributed by atoms with Crippen LogP contribution in [0.5, 0.6) is 5.88 Å². The molecule has 0 aliphatic carbocycles. The second-order valence-electron chi connectivity index (χ2n) is 4.77. The number of hydrogen-bond donors (Lipinski definition) is 2. The predicted octanol–water partition coefficient (Wildman–Crippen LogP) is 3.33. The Morgan fingerprint density at radius 3 is 2.64 bits per heavy atom. The lowest BCUT2D eigenvalue weighted by molar-refractivity contribution is -0.154. The Morgan fingerprint density at radius 1 is 1.36 bits per heavy atom. The van der Waals surface area contributed by atoms with Gasteiger partial charge in [0.1, 0.15) is 0 Å². The van der Waals surface area contributed by atoms with Gasteiger partial charge in [0.2, 0.25) is 5.88 Å². The largest absolute Gasteiger partial charge is 0.478 e. The number of aromatic amines is 1. The van der Waals surface area contributed by atoms with Crippen LogP contribution in [0.1, 0.15) is 21.5 Å². The monoisotopic (exact) mass is 314 g/mol. The third-order valence-corrected chi connectivity index (χ3v) is 3.09. The number of benzene rings is 1. The molecule has 2 N–H and O–H groups in total. The van der Waals surface area contributed by atoms with Crippen LogP contribution in [0.15, 0.2) is 18.2 Å². The van der Waals surface area contributed by atoms with Crippen molar-refractivity contribution >= 4 is 5.97 Å². The standard InChI is InChI=1S/C14H13F3N2O3/c1-7-3-4-9(13(20)21)5-10(7)11-8(2)12(19-18-11)22-6-14(15,16)17/h3-5H,6H2,1-2H3,(H,18,19)(H,20,21). The van der Waals surface area contributed by atoms with E-state index in [9.17, 15) is 18.0 Å². The zero-order valence-corrected chi connectivity index (χ0v) is 11.8. The van der Waals surface area contributed by atoms with Crippen molar-refractivity contribution in [2.75, 3.05) is 6.61 Å². The molecule has 1 aromatic carbocycles. The molecule has 0 fully saturated rings. The molecule has 0 bridgehead atoms. The van der Waals surface area contributed by atoms with Gasteiger partial charge in [0, 0.05) is 11.1 Å². The molecule has 1 heterocycles. The molecule has 0 radical (unpaired) electrons. The van der Waals surface area contributed by atoms with Gasteiger partial charge in [0.05, 0.1) is 11.3 Å². The van der Waals surface area contributed by atoms with Crippen LogP contribution in [-0.2, 0) is 0 Å². The van der Waals surface area contributed by atoms with Crippen molar-refractivity contribution in [3.63, 3.8) is 0 Å². The van der Waals surface area contributed by atoms with Gasteiger partial charge in [-0.3, -0.25) is 5.10 Å². The smallest absolute Gasteiger partial charge is 0.422 e. The maximum atomic E-state index is 12.2. The highest BCUT2D eigenvalue weighted by atomic mass is 19.4. The molecule has 5 nitrogen and oxygen atoms in total. The molecule has 0 aliphatic heterocycles. The summed E-state index contributed by atoms with van der Waals surface area (Å²) in [5.41, 5.74) is 2.20. The Kier molecular flexibility index (Phi) is 4.11. The van der Waals surface area contributed by atoms with Crippen molar-refractivity contribution < 1.29 is 27.8 Å². The van der Waals surface area contributed by atoms with Crippen LogP contribution in [0.4, 0.5) is 13.2 Å². The lowest BCUT2D eigenvalue weighted by Crippen LogP contribution is -2.19. The summed E-state index contributed by atoms with van der Waals surface area (Å²) in [4.78, 5) is 11.0. The second-order valence-corrected chi connectivity index (χ2v) is 4.77. The summed E-state index contributed by atoms with van der Waals surface area (Å²) in [5, 5.41) is 15.3. The third-order valence-electron chi connectivity index (χ3n) is 3.09. The van der Waals surface area contributed by atoms with Gasteiger partial charge in [-0.25, -0.2) is 4.79 Å². The van der Waals surface area contributed by atoms with Gasteiger partial charge in [-0.1, -0.05) is 6.07 Å². The minimum atomic E-state index is -4.45. The average molecular weight is 314 g/mol. The van der Waals surface area contributed by atoms with Gasteiger partial charge in [-0.05, 0) is 31.5 Å². The number of alkyl halides is 3. The number of H-pyrrole nitrogens is 1. The van der Waals surface area contributed by atoms with E-state index < -0.39 is 18.8 Å². The molecule has 0 amide bonds. The van der Waals surface area contributed by atoms with Crippen LogP contribution in [-0.4, -0.2) is 34.1 Å². The van der Waals surface area contributed by atoms with Crippen LogP contribution < -0.4 is 4.74 Å². The molecule has 0 unspecified atom stereocenters. The van der Waals surface area contributed by atoms with Crippen LogP contribution in [0.3, 0.4) is 0 Å². The Hall–Kier alpha value is -2.51. The van der Waals surface area contributed by atoms with Crippen LogP contribution in [0, 0.1) is 13.8 Å². The number of aromatic carboxylic acids is 1. The van der Waals surface area contributed by atoms with Crippen molar-refractivity contribution in [1.82, 2.24) is 10.2 Å². The van der Waals surface area contributed by atoms with Crippen LogP contribution in [0.2, 0.25) is 0 Å². The molecule has 0 atom stereocenters. The van der Waals surface area contributed by atoms with E-state index in [-0.39, 0.29) is 11.4 Å². The minimum Gasteiger partial charge on any atom is -0.478 e. The highest BCUT2D eigenvalue weighted by Crippen LogP contribution is 2.31. The number of carboxylic acids is 1. The van der Waals surface area contributed by atoms with E-state index in [1.165, 1.54) is 12.1 Å². The molecule has 8 heteroatoms. The van der Waals surface area contributed by atoms with Crippen molar-refractivity contribution in [3.05, 3.63) is 34.9 Å². The highest BCUT2D eigenvalue weighted by molar-refractivity contribution is 5.90. The Bertz CT molecular complexity index is 708. The normalized spacial score (nSPS) is 11.5. The summed E-state index contributed by atoms with van der Waals surface area (Å²) in [5.74, 6) is -1.25. The van der Waals surface area contributed by atoms with Gasteiger partial charge in [-0.2, -0.15) is 13.2 Å². The molecule has 0 aliphatic rings. The number of nitrogens with one attached hydrogen (secondary N) is 1. The number of rotatable bonds is 4. The molecule has 2 rings (SSSR count). The number of aromatic nitrogens is 2. The van der Waals surface area contributed by atoms with Crippen molar-refractivity contribution in [2.45, 2.75) is 20.0 Å². The molecule has 0 spiro atoms. The van der Waals surface area contributed by atoms with E-state index >= 15 is 0 Å². The van der Waals surface area contributed by atoms with E-state index in [0.717, 1.165) is 5.56 Å². The Labute approximate surface area is 123 Å². The van der Waals surface area contributed by atoms with E-state index in [4.69, 9.17) is 5.11 Å². The summed E-state index contributed by atoms with van der Waals surface area (Å²) < 4.78 is 41.2.